The first-order valence-corrected chi connectivity index (χ1v) is 13.0. The average molecular weight is 522 g/mol. The molecule has 0 spiro atoms. The summed E-state index contributed by atoms with van der Waals surface area (Å²) in [6.07, 6.45) is 2.83. The Balaban J connectivity index is 0.000000571. The molecule has 0 amide bonds. The van der Waals surface area contributed by atoms with E-state index in [0.717, 1.165) is 17.2 Å². The molecule has 1 aliphatic heterocycles. The number of hydrogen-bond acceptors (Lipinski definition) is 3. The number of aromatic nitrogens is 2. The van der Waals surface area contributed by atoms with Crippen LogP contribution in [0, 0.1) is 82.2 Å². The zero-order chi connectivity index (χ0) is 26.2. The second-order valence-electron chi connectivity index (χ2n) is 10.6. The second kappa shape index (κ2) is 12.1. The predicted molar refractivity (Wildman–Crippen MR) is 151 cm³/mol. The van der Waals surface area contributed by atoms with Gasteiger partial charge in [0, 0.05) is 18.6 Å². The molecule has 2 aromatic carbocycles. The molecule has 0 saturated carbocycles. The molecule has 0 atom stereocenters. The fourth-order valence-electron chi connectivity index (χ4n) is 5.34. The van der Waals surface area contributed by atoms with Crippen molar-refractivity contribution < 1.29 is 18.6 Å². The number of nitrogens with zero attached hydrogens (tertiary/aromatic N) is 3. The number of aryl methyl sites for hydroxylation is 1. The zero-order valence-electron chi connectivity index (χ0n) is 24.6. The van der Waals surface area contributed by atoms with Gasteiger partial charge in [0.2, 0.25) is 0 Å². The SMILES string of the molecule is CN1CCCC1.Cc1nc(-c2c(C)c(C)c(C)c(C)c2C)[c-]c(-c2c(C)c(C)c(C)c(C)c2C)n1.[V]. The Kier molecular flexibility index (Phi) is 10.2. The van der Waals surface area contributed by atoms with Gasteiger partial charge in [0.15, 0.2) is 0 Å². The maximum atomic E-state index is 4.82. The van der Waals surface area contributed by atoms with Crippen LogP contribution in [-0.2, 0) is 18.6 Å². The molecule has 0 unspecified atom stereocenters. The molecule has 193 valence electrons. The maximum Gasteiger partial charge on any atom is 0.121 e. The Morgan fingerprint density at radius 3 is 1.03 bits per heavy atom. The van der Waals surface area contributed by atoms with Crippen LogP contribution in [-0.4, -0.2) is 35.0 Å². The van der Waals surface area contributed by atoms with Crippen LogP contribution in [0.5, 0.6) is 0 Å². The average Bonchev–Trinajstić information content (AvgIpc) is 3.30. The predicted octanol–water partition coefficient (Wildman–Crippen LogP) is 7.71. The van der Waals surface area contributed by atoms with Crippen molar-refractivity contribution in [3.8, 4) is 22.5 Å². The summed E-state index contributed by atoms with van der Waals surface area (Å²) in [6, 6.07) is 3.61. The first kappa shape index (κ1) is 30.3. The third-order valence-corrected chi connectivity index (χ3v) is 8.59. The third-order valence-electron chi connectivity index (χ3n) is 8.59. The van der Waals surface area contributed by atoms with Gasteiger partial charge in [-0.15, -0.1) is 6.07 Å². The number of hydrogen-bond donors (Lipinski definition) is 0. The molecule has 1 saturated heterocycles. The first-order valence-electron chi connectivity index (χ1n) is 13.0. The fraction of sp³-hybridized carbons (Fsp3) is 0.500. The molecule has 1 radical (unpaired) electrons. The van der Waals surface area contributed by atoms with Gasteiger partial charge in [0.25, 0.3) is 0 Å². The van der Waals surface area contributed by atoms with E-state index in [1.54, 1.807) is 0 Å². The van der Waals surface area contributed by atoms with E-state index in [0.29, 0.717) is 0 Å². The summed E-state index contributed by atoms with van der Waals surface area (Å²) in [4.78, 5) is 12.0. The quantitative estimate of drug-likeness (QED) is 0.323. The van der Waals surface area contributed by atoms with Gasteiger partial charge >= 0.3 is 0 Å². The van der Waals surface area contributed by atoms with E-state index in [1.807, 2.05) is 6.92 Å². The van der Waals surface area contributed by atoms with Gasteiger partial charge in [-0.3, -0.25) is 9.97 Å². The van der Waals surface area contributed by atoms with Crippen LogP contribution in [0.3, 0.4) is 0 Å². The van der Waals surface area contributed by atoms with Crippen molar-refractivity contribution in [1.29, 1.82) is 0 Å². The van der Waals surface area contributed by atoms with Crippen molar-refractivity contribution >= 4 is 0 Å². The Hall–Kier alpha value is -1.94. The Morgan fingerprint density at radius 1 is 0.500 bits per heavy atom. The van der Waals surface area contributed by atoms with E-state index in [1.165, 1.54) is 92.7 Å². The maximum absolute atomic E-state index is 4.82. The molecule has 1 fully saturated rings. The summed E-state index contributed by atoms with van der Waals surface area (Å²) in [7, 11) is 2.17. The van der Waals surface area contributed by atoms with Crippen LogP contribution in [0.25, 0.3) is 22.5 Å². The van der Waals surface area contributed by atoms with Gasteiger partial charge < -0.3 is 4.90 Å². The smallest absolute Gasteiger partial charge is 0.121 e. The molecule has 1 aromatic heterocycles. The molecule has 4 heteroatoms. The van der Waals surface area contributed by atoms with Gasteiger partial charge in [-0.05, 0) is 104 Å². The molecule has 0 aliphatic carbocycles. The van der Waals surface area contributed by atoms with Crippen LogP contribution >= 0.6 is 0 Å². The number of likely N-dealkylation sites (tertiary alicyclic amines) is 1. The molecule has 3 aromatic rings. The van der Waals surface area contributed by atoms with E-state index in [9.17, 15) is 0 Å². The van der Waals surface area contributed by atoms with E-state index in [4.69, 9.17) is 9.97 Å². The van der Waals surface area contributed by atoms with Crippen LogP contribution in [0.1, 0.15) is 74.3 Å². The fourth-order valence-corrected chi connectivity index (χ4v) is 5.34. The molecule has 2 heterocycles. The van der Waals surface area contributed by atoms with Gasteiger partial charge in [0.1, 0.15) is 5.82 Å². The van der Waals surface area contributed by atoms with Crippen LogP contribution in [0.15, 0.2) is 0 Å². The van der Waals surface area contributed by atoms with Gasteiger partial charge in [-0.25, -0.2) is 0 Å². The summed E-state index contributed by atoms with van der Waals surface area (Å²) in [6.45, 7) is 26.7. The van der Waals surface area contributed by atoms with Crippen molar-refractivity contribution in [1.82, 2.24) is 14.9 Å². The molecule has 0 bridgehead atoms. The van der Waals surface area contributed by atoms with E-state index >= 15 is 0 Å². The van der Waals surface area contributed by atoms with E-state index in [2.05, 4.69) is 87.3 Å². The summed E-state index contributed by atoms with van der Waals surface area (Å²) in [5.41, 5.74) is 17.4. The van der Waals surface area contributed by atoms with Crippen molar-refractivity contribution in [3.05, 3.63) is 67.5 Å². The van der Waals surface area contributed by atoms with Crippen molar-refractivity contribution in [2.45, 2.75) is 89.0 Å². The van der Waals surface area contributed by atoms with Crippen LogP contribution in [0.2, 0.25) is 0 Å². The Bertz CT molecular complexity index is 1120. The van der Waals surface area contributed by atoms with Crippen LogP contribution in [0.4, 0.5) is 0 Å². The molecule has 36 heavy (non-hydrogen) atoms. The van der Waals surface area contributed by atoms with Crippen LogP contribution < -0.4 is 0 Å². The minimum atomic E-state index is 0. The molecule has 4 rings (SSSR count). The summed E-state index contributed by atoms with van der Waals surface area (Å²) in [5, 5.41) is 0. The van der Waals surface area contributed by atoms with E-state index < -0.39 is 0 Å². The molecule has 0 N–H and O–H groups in total. The topological polar surface area (TPSA) is 29.0 Å². The molecular weight excluding hydrogens is 477 g/mol. The monoisotopic (exact) mass is 521 g/mol. The van der Waals surface area contributed by atoms with E-state index in [-0.39, 0.29) is 18.6 Å². The number of rotatable bonds is 2. The third kappa shape index (κ3) is 5.80. The summed E-state index contributed by atoms with van der Waals surface area (Å²) >= 11 is 0. The zero-order valence-corrected chi connectivity index (χ0v) is 26.0. The van der Waals surface area contributed by atoms with Crippen molar-refractivity contribution in [3.63, 3.8) is 0 Å². The van der Waals surface area contributed by atoms with Gasteiger partial charge in [-0.2, -0.15) is 0 Å². The van der Waals surface area contributed by atoms with Gasteiger partial charge in [-0.1, -0.05) is 83.3 Å². The largest absolute Gasteiger partial charge is 0.306 e. The molecule has 1 aliphatic rings. The first-order chi connectivity index (χ1) is 16.4. The molecular formula is C32H44N3V-. The standard InChI is InChI=1S/C27H33N2.C5H11N.V/c1-13-15(3)19(7)26(20(8)16(13)4)24-12-25(29-23(11)28-24)27-21(9)17(5)14(2)18(6)22(27)10;1-6-4-2-3-5-6;/h1-11H3;2-5H2,1H3;/q-1;;. The minimum absolute atomic E-state index is 0. The minimum Gasteiger partial charge on any atom is -0.306 e. The van der Waals surface area contributed by atoms with Gasteiger partial charge in [0.05, 0.1) is 0 Å². The Morgan fingerprint density at radius 2 is 0.778 bits per heavy atom. The molecule has 3 nitrogen and oxygen atoms in total. The van der Waals surface area contributed by atoms with Crippen molar-refractivity contribution in [2.24, 2.45) is 0 Å². The van der Waals surface area contributed by atoms with Crippen molar-refractivity contribution in [2.75, 3.05) is 20.1 Å². The normalized spacial score (nSPS) is 13.3. The summed E-state index contributed by atoms with van der Waals surface area (Å²) in [5.74, 6) is 0.790. The summed E-state index contributed by atoms with van der Waals surface area (Å²) < 4.78 is 0. The number of benzene rings is 2. The Labute approximate surface area is 232 Å². The second-order valence-corrected chi connectivity index (χ2v) is 10.6.